The van der Waals surface area contributed by atoms with Crippen molar-refractivity contribution in [3.8, 4) is 5.75 Å². The van der Waals surface area contributed by atoms with Crippen LogP contribution in [0.5, 0.6) is 5.75 Å². The summed E-state index contributed by atoms with van der Waals surface area (Å²) in [6.07, 6.45) is 0. The van der Waals surface area contributed by atoms with E-state index in [9.17, 15) is 0 Å². The molecule has 0 aromatic heterocycles. The van der Waals surface area contributed by atoms with Crippen LogP contribution >= 0.6 is 0 Å². The van der Waals surface area contributed by atoms with E-state index in [1.165, 1.54) is 0 Å². The van der Waals surface area contributed by atoms with E-state index >= 15 is 0 Å². The normalized spacial score (nSPS) is 10.2. The summed E-state index contributed by atoms with van der Waals surface area (Å²) in [5.74, 6) is 0.791. The van der Waals surface area contributed by atoms with Gasteiger partial charge in [-0.15, -0.1) is 0 Å². The summed E-state index contributed by atoms with van der Waals surface area (Å²) in [7, 11) is 0. The van der Waals surface area contributed by atoms with Crippen molar-refractivity contribution in [1.29, 1.82) is 0 Å². The number of hydrogen-bond donors (Lipinski definition) is 2. The molecule has 2 aromatic rings. The maximum Gasteiger partial charge on any atom is 0.119 e. The molecule has 0 amide bonds. The fourth-order valence-corrected chi connectivity index (χ4v) is 1.47. The van der Waals surface area contributed by atoms with Gasteiger partial charge in [-0.3, -0.25) is 0 Å². The van der Waals surface area contributed by atoms with Gasteiger partial charge in [-0.25, -0.2) is 0 Å². The first-order chi connectivity index (χ1) is 8.28. The monoisotopic (exact) mass is 229 g/mol. The number of aliphatic hydroxyl groups is 1. The number of nitrogens with two attached hydrogens (primary N) is 1. The maximum absolute atomic E-state index is 8.91. The molecule has 3 N–H and O–H groups in total. The Morgan fingerprint density at radius 3 is 2.06 bits per heavy atom. The molecule has 0 aliphatic rings. The van der Waals surface area contributed by atoms with Gasteiger partial charge < -0.3 is 15.6 Å². The zero-order chi connectivity index (χ0) is 12.1. The van der Waals surface area contributed by atoms with Gasteiger partial charge in [0, 0.05) is 5.69 Å². The van der Waals surface area contributed by atoms with Gasteiger partial charge in [-0.1, -0.05) is 24.3 Å². The number of anilines is 1. The van der Waals surface area contributed by atoms with Crippen molar-refractivity contribution >= 4 is 5.69 Å². The van der Waals surface area contributed by atoms with Crippen molar-refractivity contribution in [3.63, 3.8) is 0 Å². The number of hydrogen-bond acceptors (Lipinski definition) is 3. The molecule has 2 rings (SSSR count). The fraction of sp³-hybridized carbons (Fsp3) is 0.143. The third-order valence-corrected chi connectivity index (χ3v) is 2.49. The first-order valence-corrected chi connectivity index (χ1v) is 5.45. The molecular formula is C14H15NO2. The number of benzene rings is 2. The fourth-order valence-electron chi connectivity index (χ4n) is 1.47. The van der Waals surface area contributed by atoms with Crippen molar-refractivity contribution in [3.05, 3.63) is 59.7 Å². The molecule has 0 atom stereocenters. The third kappa shape index (κ3) is 3.23. The van der Waals surface area contributed by atoms with Gasteiger partial charge in [0.15, 0.2) is 0 Å². The summed E-state index contributed by atoms with van der Waals surface area (Å²) in [5, 5.41) is 8.91. The van der Waals surface area contributed by atoms with E-state index in [-0.39, 0.29) is 6.61 Å². The average Bonchev–Trinajstić information content (AvgIpc) is 2.39. The first-order valence-electron chi connectivity index (χ1n) is 5.45. The zero-order valence-electron chi connectivity index (χ0n) is 9.47. The summed E-state index contributed by atoms with van der Waals surface area (Å²) in [5.41, 5.74) is 8.31. The predicted molar refractivity (Wildman–Crippen MR) is 67.6 cm³/mol. The van der Waals surface area contributed by atoms with Gasteiger partial charge in [-0.05, 0) is 35.4 Å². The molecule has 17 heavy (non-hydrogen) atoms. The van der Waals surface area contributed by atoms with Gasteiger partial charge in [0.05, 0.1) is 6.61 Å². The van der Waals surface area contributed by atoms with Gasteiger partial charge in [-0.2, -0.15) is 0 Å². The minimum absolute atomic E-state index is 0.0538. The highest BCUT2D eigenvalue weighted by molar-refractivity contribution is 5.39. The predicted octanol–water partition coefficient (Wildman–Crippen LogP) is 2.34. The zero-order valence-corrected chi connectivity index (χ0v) is 9.47. The Balaban J connectivity index is 1.95. The molecule has 0 radical (unpaired) electrons. The molecule has 0 saturated heterocycles. The Morgan fingerprint density at radius 1 is 0.882 bits per heavy atom. The minimum Gasteiger partial charge on any atom is -0.489 e. The third-order valence-electron chi connectivity index (χ3n) is 2.49. The Kier molecular flexibility index (Phi) is 3.62. The molecule has 0 unspecified atom stereocenters. The lowest BCUT2D eigenvalue weighted by molar-refractivity contribution is 0.280. The topological polar surface area (TPSA) is 55.5 Å². The van der Waals surface area contributed by atoms with Crippen LogP contribution in [0.3, 0.4) is 0 Å². The quantitative estimate of drug-likeness (QED) is 0.791. The second-order valence-electron chi connectivity index (χ2n) is 3.83. The summed E-state index contributed by atoms with van der Waals surface area (Å²) < 4.78 is 5.61. The lowest BCUT2D eigenvalue weighted by Gasteiger charge is -2.07. The second kappa shape index (κ2) is 5.37. The molecule has 88 valence electrons. The highest BCUT2D eigenvalue weighted by Gasteiger charge is 1.96. The Labute approximate surface area is 100 Å². The van der Waals surface area contributed by atoms with Gasteiger partial charge in [0.25, 0.3) is 0 Å². The van der Waals surface area contributed by atoms with Crippen molar-refractivity contribution in [2.24, 2.45) is 0 Å². The molecule has 0 aliphatic heterocycles. The van der Waals surface area contributed by atoms with Crippen molar-refractivity contribution in [1.82, 2.24) is 0 Å². The van der Waals surface area contributed by atoms with Crippen LogP contribution in [0.15, 0.2) is 48.5 Å². The van der Waals surface area contributed by atoms with E-state index in [4.69, 9.17) is 15.6 Å². The van der Waals surface area contributed by atoms with Crippen LogP contribution in [-0.4, -0.2) is 5.11 Å². The molecule has 0 bridgehead atoms. The van der Waals surface area contributed by atoms with Crippen LogP contribution in [0, 0.1) is 0 Å². The van der Waals surface area contributed by atoms with Crippen LogP contribution in [0.25, 0.3) is 0 Å². The smallest absolute Gasteiger partial charge is 0.119 e. The summed E-state index contributed by atoms with van der Waals surface area (Å²) in [6.45, 7) is 0.566. The van der Waals surface area contributed by atoms with Crippen molar-refractivity contribution < 1.29 is 9.84 Å². The number of rotatable bonds is 4. The van der Waals surface area contributed by atoms with E-state index in [1.807, 2.05) is 48.5 Å². The van der Waals surface area contributed by atoms with E-state index in [0.717, 1.165) is 22.6 Å². The Morgan fingerprint density at radius 2 is 1.47 bits per heavy atom. The molecule has 0 aliphatic carbocycles. The number of aliphatic hydroxyl groups excluding tert-OH is 1. The van der Waals surface area contributed by atoms with Gasteiger partial charge in [0.2, 0.25) is 0 Å². The second-order valence-corrected chi connectivity index (χ2v) is 3.83. The van der Waals surface area contributed by atoms with E-state index in [2.05, 4.69) is 0 Å². The van der Waals surface area contributed by atoms with E-state index in [0.29, 0.717) is 6.61 Å². The number of nitrogen functional groups attached to an aromatic ring is 1. The van der Waals surface area contributed by atoms with Gasteiger partial charge >= 0.3 is 0 Å². The van der Waals surface area contributed by atoms with Crippen molar-refractivity contribution in [2.75, 3.05) is 5.73 Å². The molecular weight excluding hydrogens is 214 g/mol. The lowest BCUT2D eigenvalue weighted by atomic mass is 10.2. The SMILES string of the molecule is Nc1ccc(COc2ccc(CO)cc2)cc1. The Hall–Kier alpha value is -2.00. The van der Waals surface area contributed by atoms with Crippen LogP contribution in [0.2, 0.25) is 0 Å². The van der Waals surface area contributed by atoms with E-state index < -0.39 is 0 Å². The van der Waals surface area contributed by atoms with Crippen LogP contribution in [0.1, 0.15) is 11.1 Å². The van der Waals surface area contributed by atoms with Crippen LogP contribution in [0.4, 0.5) is 5.69 Å². The van der Waals surface area contributed by atoms with Crippen LogP contribution < -0.4 is 10.5 Å². The molecule has 0 spiro atoms. The molecule has 0 saturated carbocycles. The first kappa shape index (κ1) is 11.5. The Bertz CT molecular complexity index is 463. The molecule has 3 nitrogen and oxygen atoms in total. The lowest BCUT2D eigenvalue weighted by Crippen LogP contribution is -1.96. The van der Waals surface area contributed by atoms with Gasteiger partial charge in [0.1, 0.15) is 12.4 Å². The van der Waals surface area contributed by atoms with Crippen molar-refractivity contribution in [2.45, 2.75) is 13.2 Å². The summed E-state index contributed by atoms with van der Waals surface area (Å²) >= 11 is 0. The highest BCUT2D eigenvalue weighted by Crippen LogP contribution is 2.14. The highest BCUT2D eigenvalue weighted by atomic mass is 16.5. The average molecular weight is 229 g/mol. The largest absolute Gasteiger partial charge is 0.489 e. The molecule has 2 aromatic carbocycles. The number of ether oxygens (including phenoxy) is 1. The minimum atomic E-state index is 0.0538. The summed E-state index contributed by atoms with van der Waals surface area (Å²) in [6, 6.07) is 15.0. The maximum atomic E-state index is 8.91. The van der Waals surface area contributed by atoms with E-state index in [1.54, 1.807) is 0 Å². The molecule has 0 heterocycles. The summed E-state index contributed by atoms with van der Waals surface area (Å²) in [4.78, 5) is 0. The molecule has 3 heteroatoms. The van der Waals surface area contributed by atoms with Crippen LogP contribution in [-0.2, 0) is 13.2 Å². The standard InChI is InChI=1S/C14H15NO2/c15-13-5-1-12(2-6-13)10-17-14-7-3-11(9-16)4-8-14/h1-8,16H,9-10,15H2. The molecule has 0 fully saturated rings.